The predicted octanol–water partition coefficient (Wildman–Crippen LogP) is -0.267. The number of hydrogen-bond donors (Lipinski definition) is 0. The highest BCUT2D eigenvalue weighted by atomic mass is 32.2. The SMILES string of the molecule is CCn1ccnc(N2CCN(S(C)(=O)=O)[C@@H](C)C2)c1=O. The van der Waals surface area contributed by atoms with E-state index in [1.54, 1.807) is 17.0 Å². The highest BCUT2D eigenvalue weighted by Gasteiger charge is 2.31. The molecule has 1 saturated heterocycles. The number of hydrogen-bond acceptors (Lipinski definition) is 5. The molecule has 0 aliphatic carbocycles. The Morgan fingerprint density at radius 3 is 2.65 bits per heavy atom. The van der Waals surface area contributed by atoms with Crippen LogP contribution in [-0.2, 0) is 16.6 Å². The molecule has 0 saturated carbocycles. The van der Waals surface area contributed by atoms with Crippen LogP contribution in [-0.4, -0.2) is 54.2 Å². The largest absolute Gasteiger partial charge is 0.349 e. The molecule has 0 amide bonds. The fraction of sp³-hybridized carbons (Fsp3) is 0.667. The summed E-state index contributed by atoms with van der Waals surface area (Å²) in [5.41, 5.74) is -0.130. The molecule has 8 heteroatoms. The first-order valence-corrected chi connectivity index (χ1v) is 8.46. The van der Waals surface area contributed by atoms with Gasteiger partial charge < -0.3 is 9.47 Å². The number of anilines is 1. The summed E-state index contributed by atoms with van der Waals surface area (Å²) in [6, 6.07) is -0.171. The Kier molecular flexibility index (Phi) is 4.14. The van der Waals surface area contributed by atoms with E-state index in [1.165, 1.54) is 10.6 Å². The number of piperazine rings is 1. The van der Waals surface area contributed by atoms with Gasteiger partial charge in [0.1, 0.15) is 0 Å². The highest BCUT2D eigenvalue weighted by Crippen LogP contribution is 2.16. The number of rotatable bonds is 3. The molecule has 0 spiro atoms. The molecule has 1 aliphatic rings. The van der Waals surface area contributed by atoms with Crippen molar-refractivity contribution >= 4 is 15.8 Å². The highest BCUT2D eigenvalue weighted by molar-refractivity contribution is 7.88. The van der Waals surface area contributed by atoms with Crippen LogP contribution in [0.4, 0.5) is 5.82 Å². The molecule has 0 radical (unpaired) electrons. The zero-order valence-electron chi connectivity index (χ0n) is 12.0. The van der Waals surface area contributed by atoms with Gasteiger partial charge in [-0.25, -0.2) is 13.4 Å². The van der Waals surface area contributed by atoms with Crippen LogP contribution in [0.1, 0.15) is 13.8 Å². The van der Waals surface area contributed by atoms with Crippen LogP contribution in [0.15, 0.2) is 17.2 Å². The minimum atomic E-state index is -3.20. The molecule has 0 bridgehead atoms. The molecule has 1 fully saturated rings. The van der Waals surface area contributed by atoms with E-state index < -0.39 is 10.0 Å². The maximum Gasteiger partial charge on any atom is 0.293 e. The van der Waals surface area contributed by atoms with Crippen molar-refractivity contribution in [2.24, 2.45) is 0 Å². The quantitative estimate of drug-likeness (QED) is 0.768. The van der Waals surface area contributed by atoms with E-state index in [4.69, 9.17) is 0 Å². The molecule has 1 aromatic rings. The van der Waals surface area contributed by atoms with Crippen LogP contribution in [0.25, 0.3) is 0 Å². The summed E-state index contributed by atoms with van der Waals surface area (Å²) in [5.74, 6) is 0.398. The van der Waals surface area contributed by atoms with Gasteiger partial charge in [-0.2, -0.15) is 4.31 Å². The summed E-state index contributed by atoms with van der Waals surface area (Å²) in [4.78, 5) is 18.2. The molecule has 20 heavy (non-hydrogen) atoms. The fourth-order valence-electron chi connectivity index (χ4n) is 2.53. The van der Waals surface area contributed by atoms with E-state index in [9.17, 15) is 13.2 Å². The zero-order chi connectivity index (χ0) is 14.9. The van der Waals surface area contributed by atoms with E-state index >= 15 is 0 Å². The lowest BCUT2D eigenvalue weighted by Crippen LogP contribution is -2.55. The smallest absolute Gasteiger partial charge is 0.293 e. The molecular weight excluding hydrogens is 280 g/mol. The lowest BCUT2D eigenvalue weighted by molar-refractivity contribution is 0.307. The van der Waals surface area contributed by atoms with Gasteiger partial charge in [0.15, 0.2) is 5.82 Å². The number of sulfonamides is 1. The normalized spacial score (nSPS) is 21.1. The second kappa shape index (κ2) is 5.53. The number of aromatic nitrogens is 2. The van der Waals surface area contributed by atoms with Gasteiger partial charge in [0.25, 0.3) is 5.56 Å². The molecule has 112 valence electrons. The average Bonchev–Trinajstić information content (AvgIpc) is 2.37. The minimum Gasteiger partial charge on any atom is -0.349 e. The van der Waals surface area contributed by atoms with Gasteiger partial charge in [-0.15, -0.1) is 0 Å². The van der Waals surface area contributed by atoms with Crippen LogP contribution >= 0.6 is 0 Å². The molecular formula is C12H20N4O3S. The number of aryl methyl sites for hydroxylation is 1. The summed E-state index contributed by atoms with van der Waals surface area (Å²) in [6.45, 7) is 5.66. The standard InChI is InChI=1S/C12H20N4O3S/c1-4-14-6-5-13-11(12(14)17)15-7-8-16(10(2)9-15)20(3,18)19/h5-6,10H,4,7-9H2,1-3H3/t10-/m0/s1. The Bertz CT molecular complexity index is 640. The first-order valence-electron chi connectivity index (χ1n) is 6.61. The van der Waals surface area contributed by atoms with Crippen molar-refractivity contribution in [2.45, 2.75) is 26.4 Å². The Balaban J connectivity index is 2.24. The molecule has 2 heterocycles. The summed E-state index contributed by atoms with van der Waals surface area (Å²) >= 11 is 0. The van der Waals surface area contributed by atoms with Crippen molar-refractivity contribution < 1.29 is 8.42 Å². The van der Waals surface area contributed by atoms with E-state index in [-0.39, 0.29) is 11.6 Å². The minimum absolute atomic E-state index is 0.130. The Hall–Kier alpha value is -1.41. The third-order valence-electron chi connectivity index (χ3n) is 3.53. The van der Waals surface area contributed by atoms with Gasteiger partial charge in [-0.05, 0) is 13.8 Å². The molecule has 0 N–H and O–H groups in total. The predicted molar refractivity (Wildman–Crippen MR) is 77.4 cm³/mol. The van der Waals surface area contributed by atoms with E-state index in [2.05, 4.69) is 4.98 Å². The van der Waals surface area contributed by atoms with Crippen molar-refractivity contribution in [3.63, 3.8) is 0 Å². The lowest BCUT2D eigenvalue weighted by Gasteiger charge is -2.38. The van der Waals surface area contributed by atoms with Crippen LogP contribution < -0.4 is 10.5 Å². The monoisotopic (exact) mass is 300 g/mol. The summed E-state index contributed by atoms with van der Waals surface area (Å²) < 4.78 is 26.3. The number of nitrogens with zero attached hydrogens (tertiary/aromatic N) is 4. The van der Waals surface area contributed by atoms with Crippen molar-refractivity contribution in [3.05, 3.63) is 22.7 Å². The lowest BCUT2D eigenvalue weighted by atomic mass is 10.2. The fourth-order valence-corrected chi connectivity index (χ4v) is 3.66. The Morgan fingerprint density at radius 2 is 2.10 bits per heavy atom. The maximum absolute atomic E-state index is 12.2. The van der Waals surface area contributed by atoms with Gasteiger partial charge in [0.2, 0.25) is 10.0 Å². The molecule has 1 atom stereocenters. The molecule has 1 aliphatic heterocycles. The first kappa shape index (κ1) is 15.0. The van der Waals surface area contributed by atoms with Gasteiger partial charge in [0.05, 0.1) is 6.26 Å². The molecule has 7 nitrogen and oxygen atoms in total. The Labute approximate surface area is 118 Å². The van der Waals surface area contributed by atoms with Crippen LogP contribution in [0.2, 0.25) is 0 Å². The first-order chi connectivity index (χ1) is 9.34. The molecule has 0 unspecified atom stereocenters. The van der Waals surface area contributed by atoms with E-state index in [0.29, 0.717) is 32.0 Å². The van der Waals surface area contributed by atoms with Gasteiger partial charge in [0, 0.05) is 44.6 Å². The summed E-state index contributed by atoms with van der Waals surface area (Å²) in [6.07, 6.45) is 4.47. The van der Waals surface area contributed by atoms with Crippen molar-refractivity contribution in [1.29, 1.82) is 0 Å². The van der Waals surface area contributed by atoms with E-state index in [1.807, 2.05) is 18.7 Å². The molecule has 1 aromatic heterocycles. The Morgan fingerprint density at radius 1 is 1.40 bits per heavy atom. The van der Waals surface area contributed by atoms with Crippen LogP contribution in [0.3, 0.4) is 0 Å². The van der Waals surface area contributed by atoms with Gasteiger partial charge in [-0.1, -0.05) is 0 Å². The third kappa shape index (κ3) is 2.85. The zero-order valence-corrected chi connectivity index (χ0v) is 12.8. The molecule has 0 aromatic carbocycles. The van der Waals surface area contributed by atoms with Gasteiger partial charge in [-0.3, -0.25) is 4.79 Å². The van der Waals surface area contributed by atoms with Crippen molar-refractivity contribution in [2.75, 3.05) is 30.8 Å². The summed E-state index contributed by atoms with van der Waals surface area (Å²) in [7, 11) is -3.20. The van der Waals surface area contributed by atoms with Gasteiger partial charge >= 0.3 is 0 Å². The van der Waals surface area contributed by atoms with Crippen LogP contribution in [0.5, 0.6) is 0 Å². The maximum atomic E-state index is 12.2. The topological polar surface area (TPSA) is 75.5 Å². The second-order valence-corrected chi connectivity index (χ2v) is 6.95. The van der Waals surface area contributed by atoms with Crippen molar-refractivity contribution in [1.82, 2.24) is 13.9 Å². The molecule has 2 rings (SSSR count). The second-order valence-electron chi connectivity index (χ2n) is 5.01. The average molecular weight is 300 g/mol. The van der Waals surface area contributed by atoms with Crippen molar-refractivity contribution in [3.8, 4) is 0 Å². The van der Waals surface area contributed by atoms with Crippen LogP contribution in [0, 0.1) is 0 Å². The summed E-state index contributed by atoms with van der Waals surface area (Å²) in [5, 5.41) is 0. The van der Waals surface area contributed by atoms with E-state index in [0.717, 1.165) is 0 Å². The third-order valence-corrected chi connectivity index (χ3v) is 4.92.